The van der Waals surface area contributed by atoms with Crippen molar-refractivity contribution in [2.24, 2.45) is 4.99 Å². The number of nitrogens with one attached hydrogen (secondary N) is 2. The number of halogens is 1. The molecule has 2 aliphatic rings. The molecule has 0 bridgehead atoms. The van der Waals surface area contributed by atoms with Crippen molar-refractivity contribution in [1.82, 2.24) is 15.5 Å². The topological polar surface area (TPSA) is 75.2 Å². The minimum Gasteiger partial charge on any atom is -0.490 e. The predicted octanol–water partition coefficient (Wildman–Crippen LogP) is 2.14. The summed E-state index contributed by atoms with van der Waals surface area (Å²) in [6.07, 6.45) is 2.40. The van der Waals surface area contributed by atoms with Crippen molar-refractivity contribution >= 4 is 35.8 Å². The number of nitrogens with zero attached hydrogens (tertiary/aromatic N) is 2. The molecule has 3 rings (SSSR count). The summed E-state index contributed by atoms with van der Waals surface area (Å²) in [4.78, 5) is 18.0. The molecule has 1 aromatic rings. The highest BCUT2D eigenvalue weighted by Crippen LogP contribution is 2.30. The molecule has 1 fully saturated rings. The molecule has 0 radical (unpaired) electrons. The Kier molecular flexibility index (Phi) is 8.46. The van der Waals surface area contributed by atoms with Crippen molar-refractivity contribution in [3.8, 4) is 11.5 Å². The number of carbonyl (C=O) groups excluding carboxylic acids is 1. The molecule has 0 spiro atoms. The minimum atomic E-state index is 0. The minimum absolute atomic E-state index is 0. The van der Waals surface area contributed by atoms with Gasteiger partial charge in [-0.15, -0.1) is 24.0 Å². The van der Waals surface area contributed by atoms with Crippen LogP contribution in [0.1, 0.15) is 31.7 Å². The molecule has 1 amide bonds. The summed E-state index contributed by atoms with van der Waals surface area (Å²) >= 11 is 0. The van der Waals surface area contributed by atoms with E-state index < -0.39 is 0 Å². The number of likely N-dealkylation sites (tertiary alicyclic amines) is 1. The van der Waals surface area contributed by atoms with E-state index in [1.54, 1.807) is 7.05 Å². The second kappa shape index (κ2) is 10.6. The van der Waals surface area contributed by atoms with Crippen molar-refractivity contribution in [2.75, 3.05) is 33.4 Å². The van der Waals surface area contributed by atoms with Gasteiger partial charge in [0, 0.05) is 45.6 Å². The second-order valence-corrected chi connectivity index (χ2v) is 6.58. The number of amides is 1. The first-order valence-corrected chi connectivity index (χ1v) is 9.33. The maximum Gasteiger partial charge on any atom is 0.222 e. The summed E-state index contributed by atoms with van der Waals surface area (Å²) in [7, 11) is 1.76. The van der Waals surface area contributed by atoms with E-state index in [2.05, 4.69) is 15.6 Å². The quantitative estimate of drug-likeness (QED) is 0.386. The van der Waals surface area contributed by atoms with Crippen molar-refractivity contribution in [3.63, 3.8) is 0 Å². The molecule has 1 atom stereocenters. The fourth-order valence-electron chi connectivity index (χ4n) is 3.22. The molecule has 2 N–H and O–H groups in total. The lowest BCUT2D eigenvalue weighted by Gasteiger charge is -2.19. The zero-order chi connectivity index (χ0) is 18.4. The third-order valence-electron chi connectivity index (χ3n) is 4.68. The van der Waals surface area contributed by atoms with Gasteiger partial charge in [0.25, 0.3) is 0 Å². The molecule has 27 heavy (non-hydrogen) atoms. The zero-order valence-electron chi connectivity index (χ0n) is 16.0. The van der Waals surface area contributed by atoms with Gasteiger partial charge in [-0.1, -0.05) is 13.0 Å². The first kappa shape index (κ1) is 21.6. The number of hydrogen-bond acceptors (Lipinski definition) is 4. The van der Waals surface area contributed by atoms with Gasteiger partial charge in [0.15, 0.2) is 17.5 Å². The van der Waals surface area contributed by atoms with Crippen LogP contribution < -0.4 is 20.1 Å². The monoisotopic (exact) mass is 488 g/mol. The highest BCUT2D eigenvalue weighted by atomic mass is 127. The van der Waals surface area contributed by atoms with Crippen LogP contribution >= 0.6 is 24.0 Å². The molecule has 1 aromatic carbocycles. The molecule has 150 valence electrons. The van der Waals surface area contributed by atoms with Gasteiger partial charge in [-0.05, 0) is 24.1 Å². The van der Waals surface area contributed by atoms with E-state index >= 15 is 0 Å². The first-order chi connectivity index (χ1) is 12.7. The Hall–Kier alpha value is -1.71. The number of hydrogen-bond donors (Lipinski definition) is 2. The van der Waals surface area contributed by atoms with E-state index in [4.69, 9.17) is 9.47 Å². The van der Waals surface area contributed by atoms with Crippen LogP contribution in [0.4, 0.5) is 0 Å². The Labute approximate surface area is 177 Å². The molecule has 7 nitrogen and oxygen atoms in total. The summed E-state index contributed by atoms with van der Waals surface area (Å²) in [6, 6.07) is 6.24. The molecular weight excluding hydrogens is 459 g/mol. The lowest BCUT2D eigenvalue weighted by molar-refractivity contribution is -0.129. The Bertz CT molecular complexity index is 668. The van der Waals surface area contributed by atoms with Gasteiger partial charge in [-0.2, -0.15) is 0 Å². The molecule has 1 unspecified atom stereocenters. The Balaban J connectivity index is 0.00000261. The van der Waals surface area contributed by atoms with Gasteiger partial charge in [0.1, 0.15) is 0 Å². The summed E-state index contributed by atoms with van der Waals surface area (Å²) in [5, 5.41) is 6.74. The third kappa shape index (κ3) is 5.88. The third-order valence-corrected chi connectivity index (χ3v) is 4.68. The van der Waals surface area contributed by atoms with Gasteiger partial charge in [0.2, 0.25) is 5.91 Å². The van der Waals surface area contributed by atoms with Crippen LogP contribution in [0.5, 0.6) is 11.5 Å². The van der Waals surface area contributed by atoms with Crippen LogP contribution in [0, 0.1) is 0 Å². The molecular formula is C19H29IN4O3. The highest BCUT2D eigenvalue weighted by Gasteiger charge is 2.25. The maximum atomic E-state index is 11.8. The van der Waals surface area contributed by atoms with Crippen LogP contribution in [0.15, 0.2) is 23.2 Å². The molecule has 0 saturated carbocycles. The van der Waals surface area contributed by atoms with Crippen LogP contribution in [-0.4, -0.2) is 56.2 Å². The normalized spacial score (nSPS) is 19.1. The smallest absolute Gasteiger partial charge is 0.222 e. The molecule has 1 saturated heterocycles. The van der Waals surface area contributed by atoms with Gasteiger partial charge < -0.3 is 25.0 Å². The number of rotatable bonds is 4. The van der Waals surface area contributed by atoms with Crippen LogP contribution in [0.25, 0.3) is 0 Å². The Morgan fingerprint density at radius 3 is 2.81 bits per heavy atom. The standard InChI is InChI=1S/C19H28N4O3.HI/c1-3-18(24)23-8-7-15(13-23)22-19(20-2)21-12-14-5-6-16-17(11-14)26-10-4-9-25-16;/h5-6,11,15H,3-4,7-10,12-13H2,1-2H3,(H2,20,21,22);1H. The van der Waals surface area contributed by atoms with Gasteiger partial charge >= 0.3 is 0 Å². The van der Waals surface area contributed by atoms with Crippen LogP contribution in [0.2, 0.25) is 0 Å². The number of aliphatic imine (C=N–C) groups is 1. The maximum absolute atomic E-state index is 11.8. The van der Waals surface area contributed by atoms with Crippen molar-refractivity contribution < 1.29 is 14.3 Å². The number of ether oxygens (including phenoxy) is 2. The highest BCUT2D eigenvalue weighted by molar-refractivity contribution is 14.0. The zero-order valence-corrected chi connectivity index (χ0v) is 18.3. The van der Waals surface area contributed by atoms with E-state index in [1.165, 1.54) is 0 Å². The lowest BCUT2D eigenvalue weighted by Crippen LogP contribution is -2.44. The average molecular weight is 488 g/mol. The number of carbonyl (C=O) groups is 1. The van der Waals surface area contributed by atoms with E-state index in [9.17, 15) is 4.79 Å². The van der Waals surface area contributed by atoms with Crippen molar-refractivity contribution in [1.29, 1.82) is 0 Å². The molecule has 8 heteroatoms. The van der Waals surface area contributed by atoms with E-state index in [0.717, 1.165) is 49.0 Å². The fourth-order valence-corrected chi connectivity index (χ4v) is 3.22. The fraction of sp³-hybridized carbons (Fsp3) is 0.579. The second-order valence-electron chi connectivity index (χ2n) is 6.58. The molecule has 2 aliphatic heterocycles. The molecule has 0 aromatic heterocycles. The first-order valence-electron chi connectivity index (χ1n) is 9.33. The predicted molar refractivity (Wildman–Crippen MR) is 116 cm³/mol. The average Bonchev–Trinajstić information content (AvgIpc) is 3.01. The summed E-state index contributed by atoms with van der Waals surface area (Å²) in [5.74, 6) is 2.56. The van der Waals surface area contributed by atoms with E-state index in [0.29, 0.717) is 26.2 Å². The van der Waals surface area contributed by atoms with Crippen molar-refractivity contribution in [2.45, 2.75) is 38.8 Å². The lowest BCUT2D eigenvalue weighted by atomic mass is 10.2. The number of guanidine groups is 1. The van der Waals surface area contributed by atoms with Crippen LogP contribution in [0.3, 0.4) is 0 Å². The van der Waals surface area contributed by atoms with E-state index in [-0.39, 0.29) is 35.9 Å². The van der Waals surface area contributed by atoms with Gasteiger partial charge in [-0.25, -0.2) is 0 Å². The Morgan fingerprint density at radius 1 is 1.30 bits per heavy atom. The van der Waals surface area contributed by atoms with Crippen LogP contribution in [-0.2, 0) is 11.3 Å². The Morgan fingerprint density at radius 2 is 2.07 bits per heavy atom. The largest absolute Gasteiger partial charge is 0.490 e. The number of fused-ring (bicyclic) bond motifs is 1. The summed E-state index contributed by atoms with van der Waals surface area (Å²) in [5.41, 5.74) is 1.10. The SMILES string of the molecule is CCC(=O)N1CCC(NC(=NC)NCc2ccc3c(c2)OCCCO3)C1.I. The van der Waals surface area contributed by atoms with E-state index in [1.807, 2.05) is 30.0 Å². The summed E-state index contributed by atoms with van der Waals surface area (Å²) in [6.45, 7) is 5.46. The molecule has 2 heterocycles. The molecule has 0 aliphatic carbocycles. The van der Waals surface area contributed by atoms with Gasteiger partial charge in [-0.3, -0.25) is 9.79 Å². The van der Waals surface area contributed by atoms with Gasteiger partial charge in [0.05, 0.1) is 13.2 Å². The summed E-state index contributed by atoms with van der Waals surface area (Å²) < 4.78 is 11.4. The van der Waals surface area contributed by atoms with Crippen molar-refractivity contribution in [3.05, 3.63) is 23.8 Å². The number of benzene rings is 1.